The first-order valence-corrected chi connectivity index (χ1v) is 8.61. The van der Waals surface area contributed by atoms with E-state index in [4.69, 9.17) is 4.74 Å². The number of unbranched alkanes of at least 4 members (excludes halogenated alkanes) is 1. The van der Waals surface area contributed by atoms with Crippen molar-refractivity contribution < 1.29 is 4.74 Å². The van der Waals surface area contributed by atoms with E-state index < -0.39 is 0 Å². The molecule has 0 unspecified atom stereocenters. The zero-order valence-electron chi connectivity index (χ0n) is 13.4. The fourth-order valence-corrected chi connectivity index (χ4v) is 1.99. The fourth-order valence-electron chi connectivity index (χ4n) is 1.50. The summed E-state index contributed by atoms with van der Waals surface area (Å²) in [6.07, 6.45) is 5.61. The summed E-state index contributed by atoms with van der Waals surface area (Å²) < 4.78 is 5.53. The number of hydrogen-bond acceptors (Lipinski definition) is 3. The standard InChI is InChI=1S/C14H31N3OS.HI/c1-13(2)12-18-10-7-9-17-14(15-3)16-8-5-6-11-19-4;/h13H,5-12H2,1-4H3,(H2,15,16,17);1H. The molecule has 122 valence electrons. The predicted octanol–water partition coefficient (Wildman–Crippen LogP) is 2.98. The minimum atomic E-state index is 0. The van der Waals surface area contributed by atoms with Gasteiger partial charge in [-0.2, -0.15) is 11.8 Å². The van der Waals surface area contributed by atoms with Crippen LogP contribution in [0.3, 0.4) is 0 Å². The summed E-state index contributed by atoms with van der Waals surface area (Å²) in [6, 6.07) is 0. The SMILES string of the molecule is CN=C(NCCCCSC)NCCCOCC(C)C.I. The topological polar surface area (TPSA) is 45.7 Å². The van der Waals surface area contributed by atoms with Gasteiger partial charge in [0.05, 0.1) is 0 Å². The number of thioether (sulfide) groups is 1. The first-order valence-electron chi connectivity index (χ1n) is 7.22. The molecule has 2 N–H and O–H groups in total. The van der Waals surface area contributed by atoms with Crippen LogP contribution in [-0.2, 0) is 4.74 Å². The average molecular weight is 417 g/mol. The third-order valence-corrected chi connectivity index (χ3v) is 3.20. The zero-order chi connectivity index (χ0) is 14.3. The van der Waals surface area contributed by atoms with Gasteiger partial charge in [-0.15, -0.1) is 24.0 Å². The van der Waals surface area contributed by atoms with Crippen LogP contribution in [0, 0.1) is 5.92 Å². The molecule has 0 rings (SSSR count). The predicted molar refractivity (Wildman–Crippen MR) is 103 cm³/mol. The molecule has 0 saturated carbocycles. The van der Waals surface area contributed by atoms with Crippen LogP contribution in [-0.4, -0.2) is 51.3 Å². The summed E-state index contributed by atoms with van der Waals surface area (Å²) in [4.78, 5) is 4.20. The van der Waals surface area contributed by atoms with Crippen molar-refractivity contribution in [2.45, 2.75) is 33.1 Å². The third kappa shape index (κ3) is 16.4. The van der Waals surface area contributed by atoms with Gasteiger partial charge < -0.3 is 15.4 Å². The summed E-state index contributed by atoms with van der Waals surface area (Å²) in [5, 5.41) is 6.63. The Morgan fingerprint density at radius 2 is 1.80 bits per heavy atom. The largest absolute Gasteiger partial charge is 0.381 e. The Morgan fingerprint density at radius 1 is 1.15 bits per heavy atom. The summed E-state index contributed by atoms with van der Waals surface area (Å²) in [6.45, 7) is 7.90. The highest BCUT2D eigenvalue weighted by Crippen LogP contribution is 1.97. The molecular formula is C14H32IN3OS. The van der Waals surface area contributed by atoms with Gasteiger partial charge in [0.15, 0.2) is 5.96 Å². The maximum atomic E-state index is 5.53. The number of rotatable bonds is 11. The lowest BCUT2D eigenvalue weighted by molar-refractivity contribution is 0.108. The van der Waals surface area contributed by atoms with Crippen molar-refractivity contribution >= 4 is 41.7 Å². The maximum Gasteiger partial charge on any atom is 0.190 e. The molecular weight excluding hydrogens is 385 g/mol. The fraction of sp³-hybridized carbons (Fsp3) is 0.929. The minimum absolute atomic E-state index is 0. The van der Waals surface area contributed by atoms with Crippen LogP contribution in [0.2, 0.25) is 0 Å². The van der Waals surface area contributed by atoms with Gasteiger partial charge in [-0.1, -0.05) is 13.8 Å². The highest BCUT2D eigenvalue weighted by molar-refractivity contribution is 14.0. The molecule has 0 aromatic rings. The molecule has 0 radical (unpaired) electrons. The van der Waals surface area contributed by atoms with E-state index >= 15 is 0 Å². The van der Waals surface area contributed by atoms with Gasteiger partial charge in [0, 0.05) is 33.4 Å². The Balaban J connectivity index is 0. The Morgan fingerprint density at radius 3 is 2.35 bits per heavy atom. The van der Waals surface area contributed by atoms with Crippen molar-refractivity contribution in [1.29, 1.82) is 0 Å². The van der Waals surface area contributed by atoms with E-state index in [1.54, 1.807) is 0 Å². The Labute approximate surface area is 146 Å². The molecule has 0 bridgehead atoms. The third-order valence-electron chi connectivity index (χ3n) is 2.50. The van der Waals surface area contributed by atoms with Gasteiger partial charge in [0.1, 0.15) is 0 Å². The van der Waals surface area contributed by atoms with Gasteiger partial charge in [0.25, 0.3) is 0 Å². The summed E-state index contributed by atoms with van der Waals surface area (Å²) >= 11 is 1.90. The highest BCUT2D eigenvalue weighted by Gasteiger charge is 1.97. The van der Waals surface area contributed by atoms with E-state index in [0.717, 1.165) is 38.7 Å². The van der Waals surface area contributed by atoms with E-state index in [2.05, 4.69) is 35.7 Å². The summed E-state index contributed by atoms with van der Waals surface area (Å²) in [7, 11) is 1.81. The number of aliphatic imine (C=N–C) groups is 1. The van der Waals surface area contributed by atoms with Gasteiger partial charge in [0.2, 0.25) is 0 Å². The molecule has 6 heteroatoms. The van der Waals surface area contributed by atoms with Crippen molar-refractivity contribution in [3.05, 3.63) is 0 Å². The van der Waals surface area contributed by atoms with Gasteiger partial charge in [-0.05, 0) is 37.2 Å². The van der Waals surface area contributed by atoms with Gasteiger partial charge >= 0.3 is 0 Å². The van der Waals surface area contributed by atoms with Crippen molar-refractivity contribution in [3.63, 3.8) is 0 Å². The molecule has 0 saturated heterocycles. The molecule has 0 amide bonds. The summed E-state index contributed by atoms with van der Waals surface area (Å²) in [5.74, 6) is 2.75. The van der Waals surface area contributed by atoms with Crippen molar-refractivity contribution in [3.8, 4) is 0 Å². The molecule has 0 spiro atoms. The first kappa shape index (κ1) is 22.6. The van der Waals surface area contributed by atoms with Gasteiger partial charge in [-0.25, -0.2) is 0 Å². The maximum absolute atomic E-state index is 5.53. The van der Waals surface area contributed by atoms with E-state index in [9.17, 15) is 0 Å². The van der Waals surface area contributed by atoms with Crippen molar-refractivity contribution in [2.75, 3.05) is 45.4 Å². The lowest BCUT2D eigenvalue weighted by atomic mass is 10.2. The number of nitrogens with one attached hydrogen (secondary N) is 2. The van der Waals surface area contributed by atoms with Crippen LogP contribution in [0.4, 0.5) is 0 Å². The van der Waals surface area contributed by atoms with Gasteiger partial charge in [-0.3, -0.25) is 4.99 Å². The zero-order valence-corrected chi connectivity index (χ0v) is 16.6. The minimum Gasteiger partial charge on any atom is -0.381 e. The second-order valence-electron chi connectivity index (χ2n) is 4.95. The molecule has 4 nitrogen and oxygen atoms in total. The highest BCUT2D eigenvalue weighted by atomic mass is 127. The van der Waals surface area contributed by atoms with Crippen LogP contribution in [0.25, 0.3) is 0 Å². The van der Waals surface area contributed by atoms with Crippen molar-refractivity contribution in [1.82, 2.24) is 10.6 Å². The van der Waals surface area contributed by atoms with E-state index in [1.807, 2.05) is 18.8 Å². The molecule has 0 aliphatic rings. The normalized spacial score (nSPS) is 11.3. The van der Waals surface area contributed by atoms with Crippen LogP contribution >= 0.6 is 35.7 Å². The number of guanidine groups is 1. The molecule has 0 aromatic carbocycles. The molecule has 0 heterocycles. The van der Waals surface area contributed by atoms with Crippen LogP contribution < -0.4 is 10.6 Å². The van der Waals surface area contributed by atoms with Crippen LogP contribution in [0.1, 0.15) is 33.1 Å². The number of ether oxygens (including phenoxy) is 1. The summed E-state index contributed by atoms with van der Waals surface area (Å²) in [5.41, 5.74) is 0. The van der Waals surface area contributed by atoms with E-state index in [-0.39, 0.29) is 24.0 Å². The molecule has 0 fully saturated rings. The molecule has 20 heavy (non-hydrogen) atoms. The molecule has 0 aliphatic heterocycles. The first-order chi connectivity index (χ1) is 9.20. The quantitative estimate of drug-likeness (QED) is 0.235. The van der Waals surface area contributed by atoms with Crippen LogP contribution in [0.5, 0.6) is 0 Å². The van der Waals surface area contributed by atoms with E-state index in [1.165, 1.54) is 18.6 Å². The van der Waals surface area contributed by atoms with Crippen molar-refractivity contribution in [2.24, 2.45) is 10.9 Å². The number of hydrogen-bond donors (Lipinski definition) is 2. The molecule has 0 atom stereocenters. The Hall–Kier alpha value is 0.310. The Bertz CT molecular complexity index is 228. The second kappa shape index (κ2) is 17.4. The lowest BCUT2D eigenvalue weighted by Gasteiger charge is -2.12. The number of halogens is 1. The lowest BCUT2D eigenvalue weighted by Crippen LogP contribution is -2.38. The Kier molecular flexibility index (Phi) is 19.6. The molecule has 0 aliphatic carbocycles. The smallest absolute Gasteiger partial charge is 0.190 e. The number of nitrogens with zero attached hydrogens (tertiary/aromatic N) is 1. The average Bonchev–Trinajstić information content (AvgIpc) is 2.39. The second-order valence-corrected chi connectivity index (χ2v) is 5.93. The monoisotopic (exact) mass is 417 g/mol. The van der Waals surface area contributed by atoms with Crippen LogP contribution in [0.15, 0.2) is 4.99 Å². The molecule has 0 aromatic heterocycles. The van der Waals surface area contributed by atoms with E-state index in [0.29, 0.717) is 5.92 Å².